The summed E-state index contributed by atoms with van der Waals surface area (Å²) in [6, 6.07) is 0. The number of carbonyl (C=O) groups is 1. The first-order valence-electron chi connectivity index (χ1n) is 7.17. The van der Waals surface area contributed by atoms with Crippen LogP contribution in [0.5, 0.6) is 0 Å². The molecule has 2 saturated carbocycles. The second-order valence-corrected chi connectivity index (χ2v) is 5.86. The van der Waals surface area contributed by atoms with Gasteiger partial charge in [-0.1, -0.05) is 25.7 Å². The third-order valence-electron chi connectivity index (χ3n) is 4.73. The predicted octanol–water partition coefficient (Wildman–Crippen LogP) is 2.01. The van der Waals surface area contributed by atoms with Crippen LogP contribution in [0.2, 0.25) is 0 Å². The molecule has 0 bridgehead atoms. The Morgan fingerprint density at radius 2 is 1.88 bits per heavy atom. The number of fused-ring (bicyclic) bond motifs is 1. The molecule has 3 nitrogen and oxygen atoms in total. The lowest BCUT2D eigenvalue weighted by Crippen LogP contribution is -2.40. The molecule has 0 aromatic carbocycles. The quantitative estimate of drug-likeness (QED) is 0.817. The minimum absolute atomic E-state index is 0.283. The molecule has 98 valence electrons. The lowest BCUT2D eigenvalue weighted by molar-refractivity contribution is -0.136. The maximum atomic E-state index is 12.2. The molecule has 3 atom stereocenters. The molecule has 0 aromatic heterocycles. The van der Waals surface area contributed by atoms with Gasteiger partial charge < -0.3 is 10.6 Å². The van der Waals surface area contributed by atoms with E-state index in [1.807, 2.05) is 11.9 Å². The Morgan fingerprint density at radius 3 is 2.59 bits per heavy atom. The van der Waals surface area contributed by atoms with Crippen molar-refractivity contribution in [3.8, 4) is 0 Å². The number of nitrogens with zero attached hydrogens (tertiary/aromatic N) is 1. The summed E-state index contributed by atoms with van der Waals surface area (Å²) in [5.74, 6) is 2.37. The van der Waals surface area contributed by atoms with Crippen LogP contribution < -0.4 is 5.73 Å². The molecule has 0 aromatic rings. The van der Waals surface area contributed by atoms with Crippen molar-refractivity contribution in [3.63, 3.8) is 0 Å². The Balaban J connectivity index is 1.88. The lowest BCUT2D eigenvalue weighted by atomic mass is 9.67. The molecule has 2 aliphatic rings. The van der Waals surface area contributed by atoms with Gasteiger partial charge in [-0.05, 0) is 31.1 Å². The molecular formula is C14H26N2O. The number of amides is 1. The topological polar surface area (TPSA) is 46.3 Å². The van der Waals surface area contributed by atoms with Crippen LogP contribution in [-0.4, -0.2) is 30.9 Å². The highest BCUT2D eigenvalue weighted by Gasteiger charge is 2.35. The zero-order valence-electron chi connectivity index (χ0n) is 11.0. The van der Waals surface area contributed by atoms with Gasteiger partial charge >= 0.3 is 0 Å². The number of hydrogen-bond donors (Lipinski definition) is 1. The SMILES string of the molecule is CN(CCN)C(=O)C1CCC2CCCCC2C1. The van der Waals surface area contributed by atoms with E-state index < -0.39 is 0 Å². The maximum Gasteiger partial charge on any atom is 0.225 e. The fourth-order valence-electron chi connectivity index (χ4n) is 3.71. The van der Waals surface area contributed by atoms with E-state index in [0.29, 0.717) is 19.0 Å². The first-order valence-corrected chi connectivity index (χ1v) is 7.17. The van der Waals surface area contributed by atoms with Crippen LogP contribution in [0.25, 0.3) is 0 Å². The van der Waals surface area contributed by atoms with Crippen LogP contribution >= 0.6 is 0 Å². The van der Waals surface area contributed by atoms with Crippen molar-refractivity contribution in [3.05, 3.63) is 0 Å². The molecule has 0 spiro atoms. The van der Waals surface area contributed by atoms with Gasteiger partial charge in [-0.3, -0.25) is 4.79 Å². The van der Waals surface area contributed by atoms with Crippen LogP contribution in [0.4, 0.5) is 0 Å². The molecule has 0 radical (unpaired) electrons. The van der Waals surface area contributed by atoms with Crippen LogP contribution in [0.3, 0.4) is 0 Å². The van der Waals surface area contributed by atoms with E-state index in [1.54, 1.807) is 0 Å². The van der Waals surface area contributed by atoms with Crippen LogP contribution in [-0.2, 0) is 4.79 Å². The third kappa shape index (κ3) is 3.01. The smallest absolute Gasteiger partial charge is 0.225 e. The van der Waals surface area contributed by atoms with E-state index in [9.17, 15) is 4.79 Å². The summed E-state index contributed by atoms with van der Waals surface area (Å²) in [6.45, 7) is 1.27. The molecule has 0 aliphatic heterocycles. The van der Waals surface area contributed by atoms with E-state index in [2.05, 4.69) is 0 Å². The Bertz CT molecular complexity index is 267. The van der Waals surface area contributed by atoms with Gasteiger partial charge in [0, 0.05) is 26.1 Å². The van der Waals surface area contributed by atoms with Crippen molar-refractivity contribution in [2.45, 2.75) is 44.9 Å². The van der Waals surface area contributed by atoms with Crippen LogP contribution in [0.1, 0.15) is 44.9 Å². The molecule has 1 amide bonds. The standard InChI is InChI=1S/C14H26N2O/c1-16(9-8-15)14(17)13-7-6-11-4-2-3-5-12(11)10-13/h11-13H,2-10,15H2,1H3. The second-order valence-electron chi connectivity index (χ2n) is 5.86. The predicted molar refractivity (Wildman–Crippen MR) is 69.5 cm³/mol. The second kappa shape index (κ2) is 5.85. The zero-order chi connectivity index (χ0) is 12.3. The number of hydrogen-bond acceptors (Lipinski definition) is 2. The molecule has 2 fully saturated rings. The van der Waals surface area contributed by atoms with Crippen molar-refractivity contribution >= 4 is 5.91 Å². The zero-order valence-corrected chi connectivity index (χ0v) is 11.0. The van der Waals surface area contributed by atoms with Crippen molar-refractivity contribution < 1.29 is 4.79 Å². The van der Waals surface area contributed by atoms with Crippen molar-refractivity contribution in [1.82, 2.24) is 4.90 Å². The average Bonchev–Trinajstić information content (AvgIpc) is 2.37. The van der Waals surface area contributed by atoms with Gasteiger partial charge in [-0.2, -0.15) is 0 Å². The maximum absolute atomic E-state index is 12.2. The molecule has 3 unspecified atom stereocenters. The van der Waals surface area contributed by atoms with Crippen LogP contribution in [0.15, 0.2) is 0 Å². The normalized spacial score (nSPS) is 32.9. The summed E-state index contributed by atoms with van der Waals surface area (Å²) in [5.41, 5.74) is 5.51. The summed E-state index contributed by atoms with van der Waals surface area (Å²) in [6.07, 6.45) is 9.07. The van der Waals surface area contributed by atoms with Gasteiger partial charge in [0.1, 0.15) is 0 Å². The monoisotopic (exact) mass is 238 g/mol. The lowest BCUT2D eigenvalue weighted by Gasteiger charge is -2.39. The van der Waals surface area contributed by atoms with E-state index in [4.69, 9.17) is 5.73 Å². The van der Waals surface area contributed by atoms with Gasteiger partial charge in [0.25, 0.3) is 0 Å². The molecule has 0 saturated heterocycles. The number of likely N-dealkylation sites (N-methyl/N-ethyl adjacent to an activating group) is 1. The molecule has 2 aliphatic carbocycles. The third-order valence-corrected chi connectivity index (χ3v) is 4.73. The summed E-state index contributed by atoms with van der Waals surface area (Å²) in [7, 11) is 1.89. The Morgan fingerprint density at radius 1 is 1.18 bits per heavy atom. The number of carbonyl (C=O) groups excluding carboxylic acids is 1. The van der Waals surface area contributed by atoms with E-state index >= 15 is 0 Å². The first-order chi connectivity index (χ1) is 8.22. The summed E-state index contributed by atoms with van der Waals surface area (Å²) < 4.78 is 0. The fraction of sp³-hybridized carbons (Fsp3) is 0.929. The van der Waals surface area contributed by atoms with E-state index in [1.165, 1.54) is 32.1 Å². The Hall–Kier alpha value is -0.570. The highest BCUT2D eigenvalue weighted by atomic mass is 16.2. The van der Waals surface area contributed by atoms with Crippen LogP contribution in [0, 0.1) is 17.8 Å². The summed E-state index contributed by atoms with van der Waals surface area (Å²) >= 11 is 0. The summed E-state index contributed by atoms with van der Waals surface area (Å²) in [4.78, 5) is 14.1. The first kappa shape index (κ1) is 12.9. The van der Waals surface area contributed by atoms with Gasteiger partial charge in [-0.15, -0.1) is 0 Å². The highest BCUT2D eigenvalue weighted by Crippen LogP contribution is 2.42. The molecule has 3 heteroatoms. The Kier molecular flexibility index (Phi) is 4.43. The van der Waals surface area contributed by atoms with Gasteiger partial charge in [0.15, 0.2) is 0 Å². The highest BCUT2D eigenvalue weighted by molar-refractivity contribution is 5.78. The molecule has 17 heavy (non-hydrogen) atoms. The molecule has 0 heterocycles. The molecule has 2 rings (SSSR count). The Labute approximate surface area is 105 Å². The largest absolute Gasteiger partial charge is 0.344 e. The molecule has 2 N–H and O–H groups in total. The van der Waals surface area contributed by atoms with E-state index in [-0.39, 0.29) is 5.92 Å². The van der Waals surface area contributed by atoms with Gasteiger partial charge in [-0.25, -0.2) is 0 Å². The molecular weight excluding hydrogens is 212 g/mol. The van der Waals surface area contributed by atoms with Gasteiger partial charge in [0.05, 0.1) is 0 Å². The minimum Gasteiger partial charge on any atom is -0.344 e. The minimum atomic E-state index is 0.283. The summed E-state index contributed by atoms with van der Waals surface area (Å²) in [5, 5.41) is 0. The van der Waals surface area contributed by atoms with E-state index in [0.717, 1.165) is 24.7 Å². The number of nitrogens with two attached hydrogens (primary N) is 1. The fourth-order valence-corrected chi connectivity index (χ4v) is 3.71. The van der Waals surface area contributed by atoms with Crippen molar-refractivity contribution in [2.24, 2.45) is 23.5 Å². The number of rotatable bonds is 3. The van der Waals surface area contributed by atoms with Crippen molar-refractivity contribution in [2.75, 3.05) is 20.1 Å². The van der Waals surface area contributed by atoms with Crippen molar-refractivity contribution in [1.29, 1.82) is 0 Å². The van der Waals surface area contributed by atoms with Gasteiger partial charge in [0.2, 0.25) is 5.91 Å². The average molecular weight is 238 g/mol.